The molecule has 1 aliphatic rings. The molecule has 180 valence electrons. The largest absolute Gasteiger partial charge is 0.504 e. The zero-order valence-electron chi connectivity index (χ0n) is 16.9. The van der Waals surface area contributed by atoms with Gasteiger partial charge in [0.1, 0.15) is 11.7 Å². The fraction of sp³-hybridized carbons (Fsp3) is 0.238. The number of hydrogen-bond donors (Lipinski definition) is 9. The smallest absolute Gasteiger partial charge is 0.343 e. The molecule has 4 rings (SSSR count). The van der Waals surface area contributed by atoms with Gasteiger partial charge in [-0.1, -0.05) is 12.1 Å². The van der Waals surface area contributed by atoms with Crippen LogP contribution in [-0.4, -0.2) is 69.8 Å². The van der Waals surface area contributed by atoms with E-state index in [0.29, 0.717) is 6.07 Å². The SMILES string of the molecule is O=C(O)[C@@]1(c2ccc(O)c(O)c2)OC(O)(O)C(O)(O)[C@](O)(c2ccc3c(=O)ccoc3c2)[C@@H]1O. The predicted octanol–water partition coefficient (Wildman–Crippen LogP) is -1.92. The second kappa shape index (κ2) is 7.22. The molecule has 0 amide bonds. The Kier molecular flexibility index (Phi) is 5.01. The van der Waals surface area contributed by atoms with Crippen molar-refractivity contribution in [3.05, 3.63) is 70.1 Å². The first-order chi connectivity index (χ1) is 15.7. The van der Waals surface area contributed by atoms with Crippen molar-refractivity contribution in [1.29, 1.82) is 0 Å². The summed E-state index contributed by atoms with van der Waals surface area (Å²) in [7, 11) is 0. The van der Waals surface area contributed by atoms with Gasteiger partial charge in [-0.3, -0.25) is 9.53 Å². The van der Waals surface area contributed by atoms with Gasteiger partial charge in [-0.15, -0.1) is 0 Å². The molecule has 13 heteroatoms. The lowest BCUT2D eigenvalue weighted by molar-refractivity contribution is -0.551. The fourth-order valence-electron chi connectivity index (χ4n) is 4.02. The van der Waals surface area contributed by atoms with Crippen LogP contribution in [0.15, 0.2) is 57.9 Å². The topological polar surface area (TPSA) is 239 Å². The maximum atomic E-state index is 12.4. The first-order valence-corrected chi connectivity index (χ1v) is 9.48. The molecule has 1 aliphatic heterocycles. The lowest BCUT2D eigenvalue weighted by Crippen LogP contribution is -2.81. The molecule has 1 aromatic heterocycles. The standard InChI is InChI=1S/C21H18O13/c22-12-5-6-33-15-8-10(1-3-11(12)15)19(28)16(25)18(17(26)27,34-21(31,32)20(19,29)30)9-2-4-13(23)14(24)7-9/h1-8,16,23-25,28-32H,(H,26,27)/t16-,18+,19+/m1/s1. The summed E-state index contributed by atoms with van der Waals surface area (Å²) in [5.41, 5.74) is -9.19. The number of aliphatic hydroxyl groups excluding tert-OH is 1. The molecule has 3 atom stereocenters. The number of aromatic hydroxyl groups is 2. The average Bonchev–Trinajstić information content (AvgIpc) is 2.77. The molecule has 9 N–H and O–H groups in total. The van der Waals surface area contributed by atoms with E-state index in [1.807, 2.05) is 0 Å². The molecular weight excluding hydrogens is 460 g/mol. The van der Waals surface area contributed by atoms with Gasteiger partial charge in [0.2, 0.25) is 5.60 Å². The van der Waals surface area contributed by atoms with Crippen LogP contribution in [0.1, 0.15) is 11.1 Å². The number of phenols is 2. The summed E-state index contributed by atoms with van der Waals surface area (Å²) in [6.07, 6.45) is -1.94. The number of fused-ring (bicyclic) bond motifs is 1. The number of carbonyl (C=O) groups is 1. The van der Waals surface area contributed by atoms with Gasteiger partial charge in [0.25, 0.3) is 5.79 Å². The van der Waals surface area contributed by atoms with Crippen molar-refractivity contribution in [2.24, 2.45) is 0 Å². The van der Waals surface area contributed by atoms with Gasteiger partial charge in [-0.05, 0) is 29.8 Å². The summed E-state index contributed by atoms with van der Waals surface area (Å²) in [6, 6.07) is 6.05. The van der Waals surface area contributed by atoms with Crippen LogP contribution in [-0.2, 0) is 20.7 Å². The normalized spacial score (nSPS) is 28.0. The molecule has 0 saturated carbocycles. The number of aliphatic hydroxyl groups is 6. The number of aliphatic carboxylic acids is 1. The summed E-state index contributed by atoms with van der Waals surface area (Å²) >= 11 is 0. The zero-order valence-corrected chi connectivity index (χ0v) is 16.9. The summed E-state index contributed by atoms with van der Waals surface area (Å²) in [6.45, 7) is 0. The molecule has 0 unspecified atom stereocenters. The third kappa shape index (κ3) is 2.87. The van der Waals surface area contributed by atoms with Crippen molar-refractivity contribution < 1.29 is 59.9 Å². The van der Waals surface area contributed by atoms with E-state index in [9.17, 15) is 55.5 Å². The molecule has 0 spiro atoms. The van der Waals surface area contributed by atoms with E-state index in [0.717, 1.165) is 42.7 Å². The second-order valence-corrected chi connectivity index (χ2v) is 7.79. The van der Waals surface area contributed by atoms with Gasteiger partial charge in [0.15, 0.2) is 22.5 Å². The molecule has 0 aliphatic carbocycles. The van der Waals surface area contributed by atoms with E-state index in [1.54, 1.807) is 0 Å². The van der Waals surface area contributed by atoms with E-state index in [-0.39, 0.29) is 11.0 Å². The van der Waals surface area contributed by atoms with Crippen LogP contribution in [0.4, 0.5) is 0 Å². The van der Waals surface area contributed by atoms with Gasteiger partial charge >= 0.3 is 11.9 Å². The van der Waals surface area contributed by atoms with Crippen molar-refractivity contribution in [1.82, 2.24) is 0 Å². The van der Waals surface area contributed by atoms with Crippen LogP contribution < -0.4 is 5.43 Å². The molecule has 2 heterocycles. The highest BCUT2D eigenvalue weighted by atomic mass is 16.8. The van der Waals surface area contributed by atoms with Crippen LogP contribution in [0.5, 0.6) is 11.5 Å². The van der Waals surface area contributed by atoms with E-state index >= 15 is 0 Å². The minimum absolute atomic E-state index is 0.0370. The lowest BCUT2D eigenvalue weighted by Gasteiger charge is -2.57. The maximum Gasteiger partial charge on any atom is 0.343 e. The Morgan fingerprint density at radius 3 is 2.15 bits per heavy atom. The van der Waals surface area contributed by atoms with E-state index in [4.69, 9.17) is 9.15 Å². The fourth-order valence-corrected chi connectivity index (χ4v) is 4.02. The summed E-state index contributed by atoms with van der Waals surface area (Å²) < 4.78 is 9.84. The predicted molar refractivity (Wildman–Crippen MR) is 107 cm³/mol. The van der Waals surface area contributed by atoms with Gasteiger partial charge in [0.05, 0.1) is 11.6 Å². The Balaban J connectivity index is 2.05. The van der Waals surface area contributed by atoms with Gasteiger partial charge in [-0.25, -0.2) is 4.79 Å². The van der Waals surface area contributed by atoms with Crippen molar-refractivity contribution >= 4 is 16.9 Å². The molecule has 3 aromatic rings. The average molecular weight is 478 g/mol. The van der Waals surface area contributed by atoms with Gasteiger partial charge < -0.3 is 50.4 Å². The number of phenolic OH excluding ortho intramolecular Hbond substituents is 2. The zero-order chi connectivity index (χ0) is 25.3. The lowest BCUT2D eigenvalue weighted by atomic mass is 9.68. The molecule has 0 radical (unpaired) electrons. The second-order valence-electron chi connectivity index (χ2n) is 7.79. The highest BCUT2D eigenvalue weighted by Gasteiger charge is 2.78. The molecule has 34 heavy (non-hydrogen) atoms. The molecule has 1 saturated heterocycles. The Bertz CT molecular complexity index is 1360. The Morgan fingerprint density at radius 1 is 0.882 bits per heavy atom. The molecule has 2 aromatic carbocycles. The monoisotopic (exact) mass is 478 g/mol. The summed E-state index contributed by atoms with van der Waals surface area (Å²) in [4.78, 5) is 24.4. The Morgan fingerprint density at radius 2 is 1.53 bits per heavy atom. The first kappa shape index (κ1) is 23.6. The first-order valence-electron chi connectivity index (χ1n) is 9.48. The van der Waals surface area contributed by atoms with Crippen molar-refractivity contribution in [3.63, 3.8) is 0 Å². The van der Waals surface area contributed by atoms with Crippen LogP contribution in [0.2, 0.25) is 0 Å². The van der Waals surface area contributed by atoms with Crippen molar-refractivity contribution in [2.45, 2.75) is 29.1 Å². The molecule has 1 fully saturated rings. The summed E-state index contributed by atoms with van der Waals surface area (Å²) in [5.74, 6) is -12.2. The third-order valence-corrected chi connectivity index (χ3v) is 5.89. The van der Waals surface area contributed by atoms with Gasteiger partial charge in [0, 0.05) is 11.6 Å². The Hall–Kier alpha value is -3.56. The minimum Gasteiger partial charge on any atom is -0.504 e. The van der Waals surface area contributed by atoms with Crippen molar-refractivity contribution in [3.8, 4) is 11.5 Å². The molecular formula is C21H18O13. The van der Waals surface area contributed by atoms with Crippen molar-refractivity contribution in [2.75, 3.05) is 0 Å². The number of carboxylic acids is 1. The summed E-state index contributed by atoms with van der Waals surface area (Å²) in [5, 5.41) is 93.8. The maximum absolute atomic E-state index is 12.4. The van der Waals surface area contributed by atoms with Crippen LogP contribution in [0.3, 0.4) is 0 Å². The number of benzene rings is 2. The van der Waals surface area contributed by atoms with E-state index in [1.165, 1.54) is 0 Å². The number of carboxylic acid groups (broad SMARTS) is 1. The number of rotatable bonds is 3. The Labute approximate surface area is 188 Å². The third-order valence-electron chi connectivity index (χ3n) is 5.89. The molecule has 13 nitrogen and oxygen atoms in total. The molecule has 0 bridgehead atoms. The highest BCUT2D eigenvalue weighted by Crippen LogP contribution is 2.54. The highest BCUT2D eigenvalue weighted by molar-refractivity contribution is 5.82. The van der Waals surface area contributed by atoms with Crippen LogP contribution in [0, 0.1) is 0 Å². The van der Waals surface area contributed by atoms with E-state index in [2.05, 4.69) is 0 Å². The van der Waals surface area contributed by atoms with Gasteiger partial charge in [-0.2, -0.15) is 0 Å². The van der Waals surface area contributed by atoms with Crippen LogP contribution >= 0.6 is 0 Å². The minimum atomic E-state index is -4.25. The van der Waals surface area contributed by atoms with Crippen LogP contribution in [0.25, 0.3) is 11.0 Å². The number of ether oxygens (including phenoxy) is 1. The quantitative estimate of drug-likeness (QED) is 0.148. The van der Waals surface area contributed by atoms with E-state index < -0.39 is 63.1 Å². The number of hydrogen-bond acceptors (Lipinski definition) is 12.